The highest BCUT2D eigenvalue weighted by Gasteiger charge is 2.29. The summed E-state index contributed by atoms with van der Waals surface area (Å²) in [5.41, 5.74) is 3.33. The van der Waals surface area contributed by atoms with E-state index >= 15 is 0 Å². The smallest absolute Gasteiger partial charge is 0.356 e. The third-order valence-corrected chi connectivity index (χ3v) is 6.64. The summed E-state index contributed by atoms with van der Waals surface area (Å²) in [4.78, 5) is 31.0. The van der Waals surface area contributed by atoms with Crippen molar-refractivity contribution < 1.29 is 23.8 Å². The van der Waals surface area contributed by atoms with Crippen LogP contribution in [0.2, 0.25) is 0 Å². The molecule has 0 bridgehead atoms. The number of aromatic nitrogens is 2. The van der Waals surface area contributed by atoms with Crippen LogP contribution in [0.15, 0.2) is 66.9 Å². The lowest BCUT2D eigenvalue weighted by Gasteiger charge is -2.14. The second-order valence-electron chi connectivity index (χ2n) is 9.04. The lowest BCUT2D eigenvalue weighted by Crippen LogP contribution is -2.21. The Bertz CT molecular complexity index is 1440. The third kappa shape index (κ3) is 5.19. The van der Waals surface area contributed by atoms with E-state index in [9.17, 15) is 9.59 Å². The molecule has 9 nitrogen and oxygen atoms in total. The zero-order valence-electron chi connectivity index (χ0n) is 21.4. The average molecular weight is 515 g/mol. The van der Waals surface area contributed by atoms with Gasteiger partial charge in [-0.05, 0) is 37.1 Å². The lowest BCUT2D eigenvalue weighted by molar-refractivity contribution is 0.0580. The van der Waals surface area contributed by atoms with E-state index in [2.05, 4.69) is 10.6 Å². The Kier molecular flexibility index (Phi) is 7.55. The minimum absolute atomic E-state index is 0.0585. The van der Waals surface area contributed by atoms with Crippen molar-refractivity contribution in [2.24, 2.45) is 0 Å². The van der Waals surface area contributed by atoms with Crippen LogP contribution in [0.4, 0.5) is 11.4 Å². The van der Waals surface area contributed by atoms with Crippen LogP contribution in [-0.2, 0) is 22.6 Å². The van der Waals surface area contributed by atoms with Crippen molar-refractivity contribution in [1.82, 2.24) is 9.55 Å². The van der Waals surface area contributed by atoms with E-state index in [1.54, 1.807) is 42.1 Å². The fourth-order valence-corrected chi connectivity index (χ4v) is 4.75. The largest absolute Gasteiger partial charge is 0.496 e. The molecule has 2 N–H and O–H groups in total. The van der Waals surface area contributed by atoms with Crippen LogP contribution >= 0.6 is 0 Å². The maximum absolute atomic E-state index is 13.2. The molecule has 1 aliphatic rings. The number of nitrogens with zero attached hydrogens (tertiary/aromatic N) is 2. The Morgan fingerprint density at radius 1 is 1.11 bits per heavy atom. The summed E-state index contributed by atoms with van der Waals surface area (Å²) in [5, 5.41) is 6.96. The first-order valence-electron chi connectivity index (χ1n) is 12.5. The van der Waals surface area contributed by atoms with Crippen molar-refractivity contribution >= 4 is 34.3 Å². The molecular weight excluding hydrogens is 484 g/mol. The number of nitrogens with one attached hydrogen (secondary N) is 2. The fraction of sp³-hybridized carbons (Fsp3) is 0.276. The SMILES string of the molecule is COC(=O)c1c(NC(=O)c2ccccc2)c2cc(NCc3ccccc3OC)cnc2n1C[C@@H]1CCCO1. The van der Waals surface area contributed by atoms with E-state index in [0.717, 1.165) is 29.8 Å². The van der Waals surface area contributed by atoms with Gasteiger partial charge in [0.05, 0.1) is 44.4 Å². The number of carbonyl (C=O) groups excluding carboxylic acids is 2. The van der Waals surface area contributed by atoms with Crippen LogP contribution in [0.3, 0.4) is 0 Å². The Morgan fingerprint density at radius 3 is 2.63 bits per heavy atom. The molecule has 196 valence electrons. The molecule has 3 heterocycles. The zero-order chi connectivity index (χ0) is 26.5. The van der Waals surface area contributed by atoms with Crippen molar-refractivity contribution in [2.75, 3.05) is 31.5 Å². The molecule has 1 aliphatic heterocycles. The summed E-state index contributed by atoms with van der Waals surface area (Å²) in [5.74, 6) is -0.118. The van der Waals surface area contributed by atoms with Crippen molar-refractivity contribution in [3.63, 3.8) is 0 Å². The molecule has 1 amide bonds. The number of rotatable bonds is 9. The molecule has 1 fully saturated rings. The lowest BCUT2D eigenvalue weighted by atomic mass is 10.2. The standard InChI is InChI=1S/C29H30N4O5/c1-36-24-13-7-6-11-20(24)16-30-21-15-23-25(32-28(34)19-9-4-3-5-10-19)26(29(35)37-2)33(27(23)31-17-21)18-22-12-8-14-38-22/h3-7,9-11,13,15,17,22,30H,8,12,14,16,18H2,1-2H3,(H,32,34)/t22-/m0/s1. The average Bonchev–Trinajstić information content (AvgIpc) is 3.58. The number of para-hydroxylation sites is 1. The highest BCUT2D eigenvalue weighted by Crippen LogP contribution is 2.34. The van der Waals surface area contributed by atoms with Gasteiger partial charge in [0.1, 0.15) is 11.4 Å². The summed E-state index contributed by atoms with van der Waals surface area (Å²) in [6.45, 7) is 1.60. The molecule has 4 aromatic rings. The number of anilines is 2. The molecule has 0 spiro atoms. The summed E-state index contributed by atoms with van der Waals surface area (Å²) in [6, 6.07) is 18.5. The zero-order valence-corrected chi connectivity index (χ0v) is 21.4. The van der Waals surface area contributed by atoms with Crippen LogP contribution in [0.25, 0.3) is 11.0 Å². The van der Waals surface area contributed by atoms with Gasteiger partial charge in [0.15, 0.2) is 5.69 Å². The second kappa shape index (κ2) is 11.4. The molecule has 9 heteroatoms. The van der Waals surface area contributed by atoms with E-state index in [1.165, 1.54) is 7.11 Å². The Morgan fingerprint density at radius 2 is 1.89 bits per heavy atom. The van der Waals surface area contributed by atoms with Crippen LogP contribution < -0.4 is 15.4 Å². The summed E-state index contributed by atoms with van der Waals surface area (Å²) >= 11 is 0. The van der Waals surface area contributed by atoms with Gasteiger partial charge in [-0.25, -0.2) is 9.78 Å². The fourth-order valence-electron chi connectivity index (χ4n) is 4.75. The number of pyridine rings is 1. The summed E-state index contributed by atoms with van der Waals surface area (Å²) in [6.07, 6.45) is 3.49. The molecule has 0 saturated carbocycles. The number of carbonyl (C=O) groups is 2. The first-order valence-corrected chi connectivity index (χ1v) is 12.5. The highest BCUT2D eigenvalue weighted by atomic mass is 16.5. The number of ether oxygens (including phenoxy) is 3. The van der Waals surface area contributed by atoms with E-state index in [-0.39, 0.29) is 17.7 Å². The van der Waals surface area contributed by atoms with Gasteiger partial charge in [0.25, 0.3) is 5.91 Å². The van der Waals surface area contributed by atoms with Crippen molar-refractivity contribution in [3.05, 3.63) is 83.7 Å². The molecule has 0 radical (unpaired) electrons. The molecule has 2 aromatic carbocycles. The Balaban J connectivity index is 1.57. The number of fused-ring (bicyclic) bond motifs is 1. The van der Waals surface area contributed by atoms with Crippen molar-refractivity contribution in [3.8, 4) is 5.75 Å². The number of hydrogen-bond donors (Lipinski definition) is 2. The van der Waals surface area contributed by atoms with Crippen molar-refractivity contribution in [1.29, 1.82) is 0 Å². The highest BCUT2D eigenvalue weighted by molar-refractivity contribution is 6.14. The van der Waals surface area contributed by atoms with Gasteiger partial charge >= 0.3 is 5.97 Å². The topological polar surface area (TPSA) is 104 Å². The molecule has 1 atom stereocenters. The van der Waals surface area contributed by atoms with Gasteiger partial charge in [0, 0.05) is 29.7 Å². The molecule has 38 heavy (non-hydrogen) atoms. The number of esters is 1. The monoisotopic (exact) mass is 514 g/mol. The third-order valence-electron chi connectivity index (χ3n) is 6.64. The minimum atomic E-state index is -0.562. The van der Waals surface area contributed by atoms with Crippen molar-refractivity contribution in [2.45, 2.75) is 32.0 Å². The number of hydrogen-bond acceptors (Lipinski definition) is 7. The first kappa shape index (κ1) is 25.3. The number of benzene rings is 2. The number of amides is 1. The Labute approximate surface area is 220 Å². The van der Waals surface area contributed by atoms with Gasteiger partial charge < -0.3 is 29.4 Å². The Hall–Kier alpha value is -4.37. The molecule has 0 aliphatic carbocycles. The molecule has 0 unspecified atom stereocenters. The van der Waals surface area contributed by atoms with Crippen LogP contribution in [-0.4, -0.2) is 48.4 Å². The molecule has 5 rings (SSSR count). The van der Waals surface area contributed by atoms with E-state index in [0.29, 0.717) is 42.0 Å². The van der Waals surface area contributed by atoms with Gasteiger partial charge in [0.2, 0.25) is 0 Å². The summed E-state index contributed by atoms with van der Waals surface area (Å²) < 4.78 is 18.3. The minimum Gasteiger partial charge on any atom is -0.496 e. The molecule has 2 aromatic heterocycles. The molecule has 1 saturated heterocycles. The number of methoxy groups -OCH3 is 2. The van der Waals surface area contributed by atoms with Gasteiger partial charge in [-0.2, -0.15) is 0 Å². The van der Waals surface area contributed by atoms with E-state index in [1.807, 2.05) is 36.4 Å². The van der Waals surface area contributed by atoms with E-state index in [4.69, 9.17) is 19.2 Å². The maximum atomic E-state index is 13.2. The maximum Gasteiger partial charge on any atom is 0.356 e. The van der Waals surface area contributed by atoms with Crippen LogP contribution in [0.5, 0.6) is 5.75 Å². The molecular formula is C29H30N4O5. The van der Waals surface area contributed by atoms with Gasteiger partial charge in [-0.15, -0.1) is 0 Å². The van der Waals surface area contributed by atoms with Crippen LogP contribution in [0, 0.1) is 0 Å². The predicted octanol–water partition coefficient (Wildman–Crippen LogP) is 4.87. The second-order valence-corrected chi connectivity index (χ2v) is 9.04. The first-order chi connectivity index (χ1) is 18.6. The summed E-state index contributed by atoms with van der Waals surface area (Å²) in [7, 11) is 2.96. The quantitative estimate of drug-likeness (QED) is 0.307. The van der Waals surface area contributed by atoms with Crippen LogP contribution in [0.1, 0.15) is 39.3 Å². The predicted molar refractivity (Wildman–Crippen MR) is 145 cm³/mol. The van der Waals surface area contributed by atoms with E-state index < -0.39 is 5.97 Å². The van der Waals surface area contributed by atoms with Gasteiger partial charge in [-0.3, -0.25) is 4.79 Å². The normalized spacial score (nSPS) is 14.8. The van der Waals surface area contributed by atoms with Gasteiger partial charge in [-0.1, -0.05) is 36.4 Å².